The molecule has 0 aliphatic heterocycles. The lowest BCUT2D eigenvalue weighted by atomic mass is 10.1. The summed E-state index contributed by atoms with van der Waals surface area (Å²) in [6, 6.07) is 3.76. The molecule has 0 saturated heterocycles. The summed E-state index contributed by atoms with van der Waals surface area (Å²) >= 11 is 0. The molecule has 3 rings (SSSR count). The van der Waals surface area contributed by atoms with E-state index in [1.54, 1.807) is 24.7 Å². The van der Waals surface area contributed by atoms with E-state index >= 15 is 0 Å². The van der Waals surface area contributed by atoms with E-state index in [9.17, 15) is 18.0 Å². The molecule has 0 unspecified atom stereocenters. The first kappa shape index (κ1) is 20.4. The van der Waals surface area contributed by atoms with E-state index in [1.807, 2.05) is 0 Å². The van der Waals surface area contributed by atoms with Crippen molar-refractivity contribution >= 4 is 17.1 Å². The summed E-state index contributed by atoms with van der Waals surface area (Å²) in [7, 11) is 4.41. The smallest absolute Gasteiger partial charge is 0.496 e. The number of benzene rings is 1. The largest absolute Gasteiger partial charge is 0.573 e. The van der Waals surface area contributed by atoms with Crippen molar-refractivity contribution in [2.75, 3.05) is 14.2 Å². The zero-order valence-electron chi connectivity index (χ0n) is 16.1. The lowest BCUT2D eigenvalue weighted by Gasteiger charge is -2.14. The number of ether oxygens (including phenoxy) is 3. The number of carbonyl (C=O) groups excluding carboxylic acids is 1. The van der Waals surface area contributed by atoms with Gasteiger partial charge in [0, 0.05) is 30.4 Å². The van der Waals surface area contributed by atoms with Gasteiger partial charge in [-0.3, -0.25) is 4.79 Å². The number of fused-ring (bicyclic) bond motifs is 1. The normalized spacial score (nSPS) is 11.6. The molecule has 2 aromatic heterocycles. The molecular weight excluding hydrogens is 391 g/mol. The number of alkyl halides is 3. The highest BCUT2D eigenvalue weighted by Crippen LogP contribution is 2.36. The number of halogens is 3. The molecule has 0 saturated carbocycles. The summed E-state index contributed by atoms with van der Waals surface area (Å²) in [4.78, 5) is 20.8. The van der Waals surface area contributed by atoms with Gasteiger partial charge < -0.3 is 18.8 Å². The number of aromatic nitrogens is 3. The third kappa shape index (κ3) is 4.25. The summed E-state index contributed by atoms with van der Waals surface area (Å²) in [5.41, 5.74) is 3.16. The van der Waals surface area contributed by atoms with Crippen molar-refractivity contribution in [2.45, 2.75) is 19.7 Å². The zero-order valence-corrected chi connectivity index (χ0v) is 16.1. The van der Waals surface area contributed by atoms with E-state index < -0.39 is 18.1 Å². The van der Waals surface area contributed by atoms with Crippen LogP contribution >= 0.6 is 0 Å². The second-order valence-electron chi connectivity index (χ2n) is 6.26. The van der Waals surface area contributed by atoms with Gasteiger partial charge in [0.2, 0.25) is 0 Å². The van der Waals surface area contributed by atoms with Crippen LogP contribution in [0, 0.1) is 6.92 Å². The number of carbonyl (C=O) groups is 1. The first-order valence-electron chi connectivity index (χ1n) is 8.46. The Hall–Kier alpha value is -3.30. The maximum atomic E-state index is 12.5. The molecule has 0 aliphatic carbocycles. The van der Waals surface area contributed by atoms with Crippen LogP contribution in [0.5, 0.6) is 11.5 Å². The Balaban J connectivity index is 2.09. The fraction of sp³-hybridized carbons (Fsp3) is 0.316. The maximum absolute atomic E-state index is 12.5. The van der Waals surface area contributed by atoms with Crippen LogP contribution in [0.15, 0.2) is 24.4 Å². The van der Waals surface area contributed by atoms with E-state index in [4.69, 9.17) is 9.47 Å². The van der Waals surface area contributed by atoms with Gasteiger partial charge in [-0.05, 0) is 19.1 Å². The number of hydrogen-bond acceptors (Lipinski definition) is 6. The van der Waals surface area contributed by atoms with Gasteiger partial charge in [0.1, 0.15) is 17.0 Å². The van der Waals surface area contributed by atoms with E-state index in [0.717, 1.165) is 6.07 Å². The van der Waals surface area contributed by atoms with E-state index in [-0.39, 0.29) is 12.2 Å². The maximum Gasteiger partial charge on any atom is 0.573 e. The number of methoxy groups -OCH3 is 2. The summed E-state index contributed by atoms with van der Waals surface area (Å²) in [5.74, 6) is -0.639. The monoisotopic (exact) mass is 409 g/mol. The topological polar surface area (TPSA) is 75.5 Å². The van der Waals surface area contributed by atoms with Crippen molar-refractivity contribution in [3.8, 4) is 22.8 Å². The van der Waals surface area contributed by atoms with E-state index in [2.05, 4.69) is 14.7 Å². The van der Waals surface area contributed by atoms with Crippen molar-refractivity contribution in [1.82, 2.24) is 14.5 Å². The van der Waals surface area contributed by atoms with Crippen molar-refractivity contribution < 1.29 is 32.2 Å². The quantitative estimate of drug-likeness (QED) is 0.600. The molecule has 3 aromatic rings. The summed E-state index contributed by atoms with van der Waals surface area (Å²) in [6.07, 6.45) is -3.02. The number of rotatable bonds is 5. The molecule has 0 aliphatic rings. The van der Waals surface area contributed by atoms with Crippen LogP contribution in [0.25, 0.3) is 22.4 Å². The average Bonchev–Trinajstić information content (AvgIpc) is 2.94. The number of nitrogens with zero attached hydrogens (tertiary/aromatic N) is 3. The molecule has 0 atom stereocenters. The van der Waals surface area contributed by atoms with Gasteiger partial charge in [-0.1, -0.05) is 0 Å². The third-order valence-corrected chi connectivity index (χ3v) is 4.26. The predicted octanol–water partition coefficient (Wildman–Crippen LogP) is 3.57. The molecule has 0 amide bonds. The molecule has 0 N–H and O–H groups in total. The Kier molecular flexibility index (Phi) is 5.36. The standard InChI is InChI=1S/C19H18F3N3O4/c1-10-16(13-6-5-12(8-14(13)27-3)29-19(20,21)22)24-18-17(23-10)11(9-25(18)2)7-15(26)28-4/h5-6,8-9H,7H2,1-4H3. The molecule has 154 valence electrons. The first-order valence-corrected chi connectivity index (χ1v) is 8.46. The van der Waals surface area contributed by atoms with Crippen LogP contribution in [0.2, 0.25) is 0 Å². The van der Waals surface area contributed by atoms with Crippen molar-refractivity contribution in [3.63, 3.8) is 0 Å². The zero-order chi connectivity index (χ0) is 21.3. The molecule has 0 spiro atoms. The second-order valence-corrected chi connectivity index (χ2v) is 6.26. The minimum absolute atomic E-state index is 0.0497. The highest BCUT2D eigenvalue weighted by Gasteiger charge is 2.31. The van der Waals surface area contributed by atoms with Gasteiger partial charge in [-0.2, -0.15) is 0 Å². The second kappa shape index (κ2) is 7.61. The van der Waals surface area contributed by atoms with Crippen LogP contribution in [-0.2, 0) is 23.0 Å². The molecule has 0 bridgehead atoms. The SMILES string of the molecule is COC(=O)Cc1cn(C)c2nc(-c3ccc(OC(F)(F)F)cc3OC)c(C)nc12. The lowest BCUT2D eigenvalue weighted by molar-refractivity contribution is -0.274. The number of esters is 1. The highest BCUT2D eigenvalue weighted by atomic mass is 19.4. The molecule has 0 fully saturated rings. The average molecular weight is 409 g/mol. The first-order chi connectivity index (χ1) is 13.6. The van der Waals surface area contributed by atoms with E-state index in [0.29, 0.717) is 33.7 Å². The number of hydrogen-bond donors (Lipinski definition) is 0. The van der Waals surface area contributed by atoms with Crippen LogP contribution < -0.4 is 9.47 Å². The fourth-order valence-electron chi connectivity index (χ4n) is 3.00. The van der Waals surface area contributed by atoms with Crippen LogP contribution in [0.3, 0.4) is 0 Å². The molecule has 1 aromatic carbocycles. The highest BCUT2D eigenvalue weighted by molar-refractivity contribution is 5.85. The Morgan fingerprint density at radius 3 is 2.55 bits per heavy atom. The van der Waals surface area contributed by atoms with Gasteiger partial charge in [-0.25, -0.2) is 9.97 Å². The molecule has 0 radical (unpaired) electrons. The Morgan fingerprint density at radius 1 is 1.21 bits per heavy atom. The molecule has 29 heavy (non-hydrogen) atoms. The van der Waals surface area contributed by atoms with Gasteiger partial charge in [0.05, 0.1) is 32.0 Å². The van der Waals surface area contributed by atoms with Gasteiger partial charge >= 0.3 is 12.3 Å². The molecular formula is C19H18F3N3O4. The Labute approximate surface area is 164 Å². The predicted molar refractivity (Wildman–Crippen MR) is 97.6 cm³/mol. The minimum Gasteiger partial charge on any atom is -0.496 e. The number of aryl methyl sites for hydroxylation is 2. The van der Waals surface area contributed by atoms with Crippen molar-refractivity contribution in [2.24, 2.45) is 7.05 Å². The van der Waals surface area contributed by atoms with Crippen LogP contribution in [0.1, 0.15) is 11.3 Å². The summed E-state index contributed by atoms with van der Waals surface area (Å²) < 4.78 is 53.1. The Bertz CT molecular complexity index is 1080. The van der Waals surface area contributed by atoms with Crippen LogP contribution in [-0.4, -0.2) is 41.1 Å². The van der Waals surface area contributed by atoms with Gasteiger partial charge in [0.15, 0.2) is 5.65 Å². The van der Waals surface area contributed by atoms with Crippen molar-refractivity contribution in [1.29, 1.82) is 0 Å². The van der Waals surface area contributed by atoms with Gasteiger partial charge in [0.25, 0.3) is 0 Å². The summed E-state index contributed by atoms with van der Waals surface area (Å²) in [6.45, 7) is 1.72. The van der Waals surface area contributed by atoms with Gasteiger partial charge in [-0.15, -0.1) is 13.2 Å². The molecule has 10 heteroatoms. The minimum atomic E-state index is -4.81. The lowest BCUT2D eigenvalue weighted by Crippen LogP contribution is -2.17. The molecule has 7 nitrogen and oxygen atoms in total. The van der Waals surface area contributed by atoms with E-state index in [1.165, 1.54) is 26.4 Å². The molecule has 2 heterocycles. The third-order valence-electron chi connectivity index (χ3n) is 4.26. The summed E-state index contributed by atoms with van der Waals surface area (Å²) in [5, 5.41) is 0. The fourth-order valence-corrected chi connectivity index (χ4v) is 3.00. The Morgan fingerprint density at radius 2 is 1.93 bits per heavy atom. The van der Waals surface area contributed by atoms with Crippen molar-refractivity contribution in [3.05, 3.63) is 35.7 Å². The van der Waals surface area contributed by atoms with Crippen LogP contribution in [0.4, 0.5) is 13.2 Å².